The molecule has 24 heavy (non-hydrogen) atoms. The van der Waals surface area contributed by atoms with Gasteiger partial charge in [-0.05, 0) is 50.1 Å². The summed E-state index contributed by atoms with van der Waals surface area (Å²) >= 11 is 0. The first-order valence-electron chi connectivity index (χ1n) is 8.65. The number of aliphatic hydroxyl groups excluding tert-OH is 1. The number of hydrogen-bond donors (Lipinski definition) is 1. The van der Waals surface area contributed by atoms with Crippen molar-refractivity contribution in [2.24, 2.45) is 0 Å². The van der Waals surface area contributed by atoms with Crippen LogP contribution >= 0.6 is 0 Å². The molecule has 0 saturated heterocycles. The Hall–Kier alpha value is -1.62. The van der Waals surface area contributed by atoms with Crippen molar-refractivity contribution in [1.29, 1.82) is 0 Å². The normalized spacial score (nSPS) is 12.7. The molecular weight excluding hydrogens is 302 g/mol. The summed E-state index contributed by atoms with van der Waals surface area (Å²) in [5, 5.41) is 10.3. The third kappa shape index (κ3) is 6.11. The Morgan fingerprint density at radius 3 is 2.79 bits per heavy atom. The van der Waals surface area contributed by atoms with Crippen LogP contribution in [0.1, 0.15) is 35.8 Å². The molecule has 0 spiro atoms. The number of nitrogens with zero attached hydrogens (tertiary/aromatic N) is 1. The molecule has 1 N–H and O–H groups in total. The molecule has 1 aromatic heterocycles. The van der Waals surface area contributed by atoms with Gasteiger partial charge in [-0.25, -0.2) is 0 Å². The van der Waals surface area contributed by atoms with E-state index in [4.69, 9.17) is 9.15 Å². The smallest absolute Gasteiger partial charge is 0.129 e. The molecule has 0 aliphatic carbocycles. The summed E-state index contributed by atoms with van der Waals surface area (Å²) in [5.41, 5.74) is 3.90. The molecule has 0 saturated carbocycles. The van der Waals surface area contributed by atoms with Crippen molar-refractivity contribution in [3.63, 3.8) is 0 Å². The largest absolute Gasteiger partial charge is 0.467 e. The Morgan fingerprint density at radius 2 is 2.08 bits per heavy atom. The number of rotatable bonds is 10. The lowest BCUT2D eigenvalue weighted by atomic mass is 10.0. The fourth-order valence-electron chi connectivity index (χ4n) is 2.80. The van der Waals surface area contributed by atoms with Gasteiger partial charge < -0.3 is 14.3 Å². The van der Waals surface area contributed by atoms with Crippen molar-refractivity contribution in [2.75, 3.05) is 19.7 Å². The van der Waals surface area contributed by atoms with Gasteiger partial charge in [0.15, 0.2) is 0 Å². The van der Waals surface area contributed by atoms with E-state index >= 15 is 0 Å². The number of ether oxygens (including phenoxy) is 1. The van der Waals surface area contributed by atoms with Gasteiger partial charge >= 0.3 is 0 Å². The molecule has 1 heterocycles. The molecule has 0 aliphatic heterocycles. The minimum absolute atomic E-state index is 0.313. The van der Waals surface area contributed by atoms with E-state index < -0.39 is 6.10 Å². The van der Waals surface area contributed by atoms with E-state index in [0.29, 0.717) is 19.8 Å². The Morgan fingerprint density at radius 1 is 1.25 bits per heavy atom. The lowest BCUT2D eigenvalue weighted by Gasteiger charge is -2.25. The Kier molecular flexibility index (Phi) is 7.50. The van der Waals surface area contributed by atoms with Crippen molar-refractivity contribution in [3.8, 4) is 0 Å². The van der Waals surface area contributed by atoms with E-state index in [2.05, 4.69) is 43.9 Å². The molecule has 1 atom stereocenters. The standard InChI is InChI=1S/C20H29NO3/c1-4-9-21(12-18-11-16(2)7-8-17(18)3)13-19(22)14-23-15-20-6-5-10-24-20/h5-8,10-11,19,22H,4,9,12-15H2,1-3H3/t19-/m0/s1. The summed E-state index contributed by atoms with van der Waals surface area (Å²) in [7, 11) is 0. The first-order chi connectivity index (χ1) is 11.6. The second-order valence-corrected chi connectivity index (χ2v) is 6.41. The van der Waals surface area contributed by atoms with Gasteiger partial charge in [0.05, 0.1) is 19.0 Å². The van der Waals surface area contributed by atoms with Crippen molar-refractivity contribution >= 4 is 0 Å². The average Bonchev–Trinajstić information content (AvgIpc) is 3.04. The van der Waals surface area contributed by atoms with Crippen LogP contribution in [0.3, 0.4) is 0 Å². The molecule has 132 valence electrons. The first-order valence-corrected chi connectivity index (χ1v) is 8.65. The Balaban J connectivity index is 1.84. The third-order valence-electron chi connectivity index (χ3n) is 4.04. The number of aliphatic hydroxyl groups is 1. The lowest BCUT2D eigenvalue weighted by Crippen LogP contribution is -2.35. The molecule has 0 bridgehead atoms. The fourth-order valence-corrected chi connectivity index (χ4v) is 2.80. The Labute approximate surface area is 145 Å². The first kappa shape index (κ1) is 18.7. The monoisotopic (exact) mass is 331 g/mol. The van der Waals surface area contributed by atoms with E-state index in [-0.39, 0.29) is 0 Å². The second-order valence-electron chi connectivity index (χ2n) is 6.41. The van der Waals surface area contributed by atoms with Crippen molar-refractivity contribution in [1.82, 2.24) is 4.90 Å². The van der Waals surface area contributed by atoms with Gasteiger partial charge in [0, 0.05) is 13.1 Å². The minimum atomic E-state index is -0.503. The van der Waals surface area contributed by atoms with Gasteiger partial charge in [-0.1, -0.05) is 30.7 Å². The van der Waals surface area contributed by atoms with Crippen LogP contribution in [0, 0.1) is 13.8 Å². The quantitative estimate of drug-likeness (QED) is 0.721. The number of furan rings is 1. The number of benzene rings is 1. The van der Waals surface area contributed by atoms with Gasteiger partial charge in [0.25, 0.3) is 0 Å². The van der Waals surface area contributed by atoms with E-state index in [1.54, 1.807) is 6.26 Å². The molecular formula is C20H29NO3. The zero-order valence-electron chi connectivity index (χ0n) is 15.0. The van der Waals surface area contributed by atoms with Crippen molar-refractivity contribution < 1.29 is 14.3 Å². The summed E-state index contributed by atoms with van der Waals surface area (Å²) in [6.45, 7) is 9.56. The molecule has 0 aliphatic rings. The van der Waals surface area contributed by atoms with Gasteiger partial charge in [0.2, 0.25) is 0 Å². The van der Waals surface area contributed by atoms with E-state index in [1.807, 2.05) is 12.1 Å². The highest BCUT2D eigenvalue weighted by atomic mass is 16.5. The zero-order valence-corrected chi connectivity index (χ0v) is 15.0. The maximum atomic E-state index is 10.3. The average molecular weight is 331 g/mol. The summed E-state index contributed by atoms with van der Waals surface area (Å²) in [6, 6.07) is 10.2. The highest BCUT2D eigenvalue weighted by Gasteiger charge is 2.13. The van der Waals surface area contributed by atoms with E-state index in [1.165, 1.54) is 16.7 Å². The third-order valence-corrected chi connectivity index (χ3v) is 4.04. The number of hydrogen-bond acceptors (Lipinski definition) is 4. The lowest BCUT2D eigenvalue weighted by molar-refractivity contribution is 0.00384. The van der Waals surface area contributed by atoms with Crippen LogP contribution in [0.4, 0.5) is 0 Å². The van der Waals surface area contributed by atoms with Crippen LogP contribution in [-0.2, 0) is 17.9 Å². The predicted molar refractivity (Wildman–Crippen MR) is 95.9 cm³/mol. The topological polar surface area (TPSA) is 45.8 Å². The molecule has 4 heteroatoms. The maximum Gasteiger partial charge on any atom is 0.129 e. The highest BCUT2D eigenvalue weighted by molar-refractivity contribution is 5.30. The van der Waals surface area contributed by atoms with Crippen LogP contribution in [0.5, 0.6) is 0 Å². The SMILES string of the molecule is CCCN(Cc1cc(C)ccc1C)C[C@H](O)COCc1ccco1. The molecule has 0 radical (unpaired) electrons. The summed E-state index contributed by atoms with van der Waals surface area (Å²) in [4.78, 5) is 2.29. The van der Waals surface area contributed by atoms with Gasteiger partial charge in [-0.15, -0.1) is 0 Å². The van der Waals surface area contributed by atoms with Crippen molar-refractivity contribution in [3.05, 3.63) is 59.0 Å². The van der Waals surface area contributed by atoms with Gasteiger partial charge in [0.1, 0.15) is 12.4 Å². The molecule has 1 aromatic carbocycles. The van der Waals surface area contributed by atoms with E-state index in [0.717, 1.165) is 25.3 Å². The highest BCUT2D eigenvalue weighted by Crippen LogP contribution is 2.14. The predicted octanol–water partition coefficient (Wildman–Crippen LogP) is 3.69. The molecule has 0 amide bonds. The van der Waals surface area contributed by atoms with E-state index in [9.17, 15) is 5.11 Å². The van der Waals surface area contributed by atoms with Crippen LogP contribution in [0.2, 0.25) is 0 Å². The fraction of sp³-hybridized carbons (Fsp3) is 0.500. The summed E-state index contributed by atoms with van der Waals surface area (Å²) < 4.78 is 10.8. The molecule has 2 aromatic rings. The molecule has 2 rings (SSSR count). The molecule has 0 unspecified atom stereocenters. The van der Waals surface area contributed by atoms with Crippen LogP contribution in [0.15, 0.2) is 41.0 Å². The second kappa shape index (κ2) is 9.62. The molecule has 0 fully saturated rings. The van der Waals surface area contributed by atoms with Crippen LogP contribution < -0.4 is 0 Å². The van der Waals surface area contributed by atoms with Crippen LogP contribution in [0.25, 0.3) is 0 Å². The number of aryl methyl sites for hydroxylation is 2. The molecule has 4 nitrogen and oxygen atoms in total. The maximum absolute atomic E-state index is 10.3. The summed E-state index contributed by atoms with van der Waals surface area (Å²) in [5.74, 6) is 0.781. The van der Waals surface area contributed by atoms with Crippen LogP contribution in [-0.4, -0.2) is 35.8 Å². The van der Waals surface area contributed by atoms with Gasteiger partial charge in [-0.3, -0.25) is 4.90 Å². The minimum Gasteiger partial charge on any atom is -0.467 e. The van der Waals surface area contributed by atoms with Crippen molar-refractivity contribution in [2.45, 2.75) is 46.4 Å². The summed E-state index contributed by atoms with van der Waals surface area (Å²) in [6.07, 6.45) is 2.18. The van der Waals surface area contributed by atoms with Gasteiger partial charge in [-0.2, -0.15) is 0 Å². The Bertz CT molecular complexity index is 595. The zero-order chi connectivity index (χ0) is 17.4.